The number of amides is 1. The average Bonchev–Trinajstić information content (AvgIpc) is 2.67. The maximum absolute atomic E-state index is 12.8. The van der Waals surface area contributed by atoms with E-state index in [9.17, 15) is 18.3 Å². The lowest BCUT2D eigenvalue weighted by atomic mass is 10.1. The third-order valence-electron chi connectivity index (χ3n) is 5.06. The molecular weight excluding hydrogens is 390 g/mol. The summed E-state index contributed by atoms with van der Waals surface area (Å²) in [5.41, 5.74) is 1.76. The van der Waals surface area contributed by atoms with Crippen molar-refractivity contribution >= 4 is 21.8 Å². The van der Waals surface area contributed by atoms with Gasteiger partial charge in [0.25, 0.3) is 0 Å². The van der Waals surface area contributed by atoms with E-state index < -0.39 is 16.1 Å². The number of rotatable bonds is 9. The molecule has 2 N–H and O–H groups in total. The molecule has 8 heteroatoms. The summed E-state index contributed by atoms with van der Waals surface area (Å²) >= 11 is 0. The summed E-state index contributed by atoms with van der Waals surface area (Å²) in [7, 11) is -3.62. The molecule has 1 saturated heterocycles. The van der Waals surface area contributed by atoms with Gasteiger partial charge < -0.3 is 10.4 Å². The normalized spacial score (nSPS) is 14.9. The second-order valence-electron chi connectivity index (χ2n) is 7.18. The molecule has 0 aromatic heterocycles. The van der Waals surface area contributed by atoms with Crippen molar-refractivity contribution in [2.24, 2.45) is 0 Å². The average molecular weight is 418 g/mol. The first kappa shape index (κ1) is 21.1. The zero-order chi connectivity index (χ0) is 20.9. The number of hydrogen-bond donors (Lipinski definition) is 2. The van der Waals surface area contributed by atoms with Gasteiger partial charge in [0.1, 0.15) is 0 Å². The fraction of sp³-hybridized carbons (Fsp3) is 0.381. The number of hydrogen-bond acceptors (Lipinski definition) is 4. The van der Waals surface area contributed by atoms with Crippen molar-refractivity contribution in [1.82, 2.24) is 9.21 Å². The molecule has 1 aliphatic rings. The summed E-state index contributed by atoms with van der Waals surface area (Å²) in [4.78, 5) is 13.2. The molecule has 0 radical (unpaired) electrons. The Hall–Kier alpha value is -2.58. The summed E-state index contributed by atoms with van der Waals surface area (Å²) in [5, 5.41) is 12.8. The number of benzene rings is 2. The second-order valence-corrected chi connectivity index (χ2v) is 9.11. The summed E-state index contributed by atoms with van der Waals surface area (Å²) < 4.78 is 27.0. The number of sulfonamides is 1. The summed E-state index contributed by atoms with van der Waals surface area (Å²) in [6.45, 7) is 3.54. The Kier molecular flexibility index (Phi) is 6.76. The minimum absolute atomic E-state index is 0.165. The van der Waals surface area contributed by atoms with Gasteiger partial charge in [0, 0.05) is 31.9 Å². The van der Waals surface area contributed by atoms with Crippen LogP contribution in [0.25, 0.3) is 0 Å². The van der Waals surface area contributed by atoms with Crippen LogP contribution in [0.5, 0.6) is 0 Å². The van der Waals surface area contributed by atoms with E-state index in [0.29, 0.717) is 0 Å². The highest BCUT2D eigenvalue weighted by atomic mass is 32.2. The maximum Gasteiger partial charge on any atom is 0.407 e. The first-order valence-electron chi connectivity index (χ1n) is 9.79. The van der Waals surface area contributed by atoms with E-state index in [1.54, 1.807) is 24.3 Å². The molecule has 0 unspecified atom stereocenters. The van der Waals surface area contributed by atoms with E-state index in [2.05, 4.69) is 12.2 Å². The molecule has 1 heterocycles. The van der Waals surface area contributed by atoms with Crippen molar-refractivity contribution in [2.75, 3.05) is 25.0 Å². The molecule has 3 rings (SSSR count). The van der Waals surface area contributed by atoms with Crippen molar-refractivity contribution in [3.8, 4) is 0 Å². The van der Waals surface area contributed by atoms with Crippen molar-refractivity contribution in [1.29, 1.82) is 0 Å². The second kappa shape index (κ2) is 9.28. The number of nitrogens with one attached hydrogen (secondary N) is 1. The number of unbranched alkanes of at least 4 members (excludes halogenated alkanes) is 1. The van der Waals surface area contributed by atoms with E-state index in [1.165, 1.54) is 9.21 Å². The molecule has 0 aliphatic carbocycles. The van der Waals surface area contributed by atoms with Crippen LogP contribution >= 0.6 is 0 Å². The minimum atomic E-state index is -3.62. The Bertz CT molecular complexity index is 911. The van der Waals surface area contributed by atoms with Gasteiger partial charge in [-0.2, -0.15) is 4.31 Å². The molecule has 0 saturated carbocycles. The highest BCUT2D eigenvalue weighted by Crippen LogP contribution is 2.26. The van der Waals surface area contributed by atoms with Crippen LogP contribution in [0.15, 0.2) is 59.5 Å². The van der Waals surface area contributed by atoms with E-state index in [4.69, 9.17) is 0 Å². The summed E-state index contributed by atoms with van der Waals surface area (Å²) in [5.74, 6) is 0. The molecule has 1 amide bonds. The Balaban J connectivity index is 1.61. The largest absolute Gasteiger partial charge is 0.465 e. The van der Waals surface area contributed by atoms with Crippen LogP contribution in [0.1, 0.15) is 25.3 Å². The van der Waals surface area contributed by atoms with Gasteiger partial charge in [-0.1, -0.05) is 43.7 Å². The lowest BCUT2D eigenvalue weighted by Crippen LogP contribution is -2.61. The third-order valence-corrected chi connectivity index (χ3v) is 6.91. The van der Waals surface area contributed by atoms with Gasteiger partial charge in [0.15, 0.2) is 0 Å². The highest BCUT2D eigenvalue weighted by molar-refractivity contribution is 7.89. The zero-order valence-electron chi connectivity index (χ0n) is 16.5. The van der Waals surface area contributed by atoms with Crippen LogP contribution in [-0.2, 0) is 16.6 Å². The molecular formula is C21H27N3O4S. The van der Waals surface area contributed by atoms with Crippen LogP contribution in [0, 0.1) is 0 Å². The standard InChI is InChI=1S/C21H27N3O4S/c1-2-3-13-22-18-9-11-20(12-10-18)29(27,28)23-15-19(16-23)24(21(25)26)14-17-7-5-4-6-8-17/h4-12,19,22H,2-3,13-16H2,1H3,(H,25,26). The molecule has 0 bridgehead atoms. The van der Waals surface area contributed by atoms with E-state index in [0.717, 1.165) is 30.6 Å². The van der Waals surface area contributed by atoms with Gasteiger partial charge in [-0.15, -0.1) is 0 Å². The maximum atomic E-state index is 12.8. The molecule has 1 aliphatic heterocycles. The van der Waals surface area contributed by atoms with Crippen LogP contribution in [0.2, 0.25) is 0 Å². The van der Waals surface area contributed by atoms with Crippen LogP contribution in [-0.4, -0.2) is 54.5 Å². The highest BCUT2D eigenvalue weighted by Gasteiger charge is 2.41. The van der Waals surface area contributed by atoms with Crippen LogP contribution < -0.4 is 5.32 Å². The van der Waals surface area contributed by atoms with Gasteiger partial charge in [-0.3, -0.25) is 4.90 Å². The molecule has 2 aromatic rings. The molecule has 1 fully saturated rings. The number of anilines is 1. The van der Waals surface area contributed by atoms with E-state index >= 15 is 0 Å². The van der Waals surface area contributed by atoms with Crippen molar-refractivity contribution in [3.63, 3.8) is 0 Å². The number of carboxylic acid groups (broad SMARTS) is 1. The fourth-order valence-corrected chi connectivity index (χ4v) is 4.76. The summed E-state index contributed by atoms with van der Waals surface area (Å²) in [6, 6.07) is 15.7. The SMILES string of the molecule is CCCCNc1ccc(S(=O)(=O)N2CC(N(Cc3ccccc3)C(=O)O)C2)cc1. The molecule has 0 atom stereocenters. The van der Waals surface area contributed by atoms with Gasteiger partial charge in [-0.25, -0.2) is 13.2 Å². The quantitative estimate of drug-likeness (QED) is 0.610. The van der Waals surface area contributed by atoms with Crippen molar-refractivity contribution < 1.29 is 18.3 Å². The predicted octanol–water partition coefficient (Wildman–Crippen LogP) is 3.45. The Labute approximate surface area is 172 Å². The van der Waals surface area contributed by atoms with E-state index in [1.807, 2.05) is 30.3 Å². The third kappa shape index (κ3) is 5.07. The van der Waals surface area contributed by atoms with Crippen molar-refractivity contribution in [2.45, 2.75) is 37.2 Å². The van der Waals surface area contributed by atoms with E-state index in [-0.39, 0.29) is 30.6 Å². The van der Waals surface area contributed by atoms with Gasteiger partial charge in [0.05, 0.1) is 10.9 Å². The number of nitrogens with zero attached hydrogens (tertiary/aromatic N) is 2. The molecule has 156 valence electrons. The fourth-order valence-electron chi connectivity index (χ4n) is 3.25. The Morgan fingerprint density at radius 3 is 2.38 bits per heavy atom. The Morgan fingerprint density at radius 2 is 1.79 bits per heavy atom. The summed E-state index contributed by atoms with van der Waals surface area (Å²) in [6.07, 6.45) is 1.10. The first-order chi connectivity index (χ1) is 13.9. The molecule has 2 aromatic carbocycles. The molecule has 0 spiro atoms. The van der Waals surface area contributed by atoms with Crippen LogP contribution in [0.4, 0.5) is 10.5 Å². The van der Waals surface area contributed by atoms with Gasteiger partial charge in [-0.05, 0) is 36.2 Å². The molecule has 29 heavy (non-hydrogen) atoms. The first-order valence-corrected chi connectivity index (χ1v) is 11.2. The zero-order valence-corrected chi connectivity index (χ0v) is 17.3. The topological polar surface area (TPSA) is 90.0 Å². The minimum Gasteiger partial charge on any atom is -0.465 e. The van der Waals surface area contributed by atoms with Crippen molar-refractivity contribution in [3.05, 3.63) is 60.2 Å². The predicted molar refractivity (Wildman–Crippen MR) is 112 cm³/mol. The van der Waals surface area contributed by atoms with Gasteiger partial charge in [0.2, 0.25) is 10.0 Å². The number of carbonyl (C=O) groups is 1. The monoisotopic (exact) mass is 417 g/mol. The van der Waals surface area contributed by atoms with Gasteiger partial charge >= 0.3 is 6.09 Å². The lowest BCUT2D eigenvalue weighted by molar-refractivity contribution is 0.0716. The lowest BCUT2D eigenvalue weighted by Gasteiger charge is -2.43. The Morgan fingerprint density at radius 1 is 1.14 bits per heavy atom. The smallest absolute Gasteiger partial charge is 0.407 e. The molecule has 7 nitrogen and oxygen atoms in total. The van der Waals surface area contributed by atoms with Crippen LogP contribution in [0.3, 0.4) is 0 Å².